The molecule has 0 unspecified atom stereocenters. The number of aryl methyl sites for hydroxylation is 2. The second kappa shape index (κ2) is 8.73. The molecule has 1 aromatic carbocycles. The van der Waals surface area contributed by atoms with Crippen molar-refractivity contribution >= 4 is 23.2 Å². The van der Waals surface area contributed by atoms with Crippen LogP contribution in [0.15, 0.2) is 24.3 Å². The van der Waals surface area contributed by atoms with Gasteiger partial charge in [0, 0.05) is 10.9 Å². The normalized spacial score (nSPS) is 21.6. The van der Waals surface area contributed by atoms with Crippen molar-refractivity contribution in [3.8, 4) is 5.75 Å². The third-order valence-corrected chi connectivity index (χ3v) is 6.57. The Morgan fingerprint density at radius 2 is 2.07 bits per heavy atom. The Bertz CT molecular complexity index is 923. The summed E-state index contributed by atoms with van der Waals surface area (Å²) in [7, 11) is 1.61. The minimum atomic E-state index is -0.754. The molecule has 8 heteroatoms. The van der Waals surface area contributed by atoms with Gasteiger partial charge in [-0.25, -0.2) is 4.98 Å². The average molecular weight is 430 g/mol. The van der Waals surface area contributed by atoms with E-state index in [2.05, 4.69) is 17.2 Å². The summed E-state index contributed by atoms with van der Waals surface area (Å²) in [6.45, 7) is 4.38. The van der Waals surface area contributed by atoms with Gasteiger partial charge in [0.1, 0.15) is 12.4 Å². The number of nitrogens with zero attached hydrogens (tertiary/aromatic N) is 2. The highest BCUT2D eigenvalue weighted by Crippen LogP contribution is 2.40. The Morgan fingerprint density at radius 1 is 1.33 bits per heavy atom. The summed E-state index contributed by atoms with van der Waals surface area (Å²) in [6, 6.07) is 7.24. The molecular weight excluding hydrogens is 402 g/mol. The lowest BCUT2D eigenvalue weighted by atomic mass is 9.96. The van der Waals surface area contributed by atoms with Gasteiger partial charge in [-0.05, 0) is 43.9 Å². The van der Waals surface area contributed by atoms with E-state index in [9.17, 15) is 9.59 Å². The fourth-order valence-corrected chi connectivity index (χ4v) is 4.93. The van der Waals surface area contributed by atoms with Crippen LogP contribution in [0.5, 0.6) is 5.75 Å². The topological polar surface area (TPSA) is 80.8 Å². The molecule has 2 heterocycles. The lowest BCUT2D eigenvalue weighted by Crippen LogP contribution is -2.55. The highest BCUT2D eigenvalue weighted by Gasteiger charge is 2.47. The van der Waals surface area contributed by atoms with Gasteiger partial charge in [0.2, 0.25) is 5.91 Å². The highest BCUT2D eigenvalue weighted by molar-refractivity contribution is 7.11. The molecule has 1 aromatic heterocycles. The van der Waals surface area contributed by atoms with Crippen LogP contribution in [0, 0.1) is 6.92 Å². The smallest absolute Gasteiger partial charge is 0.251 e. The van der Waals surface area contributed by atoms with E-state index in [4.69, 9.17) is 9.47 Å². The summed E-state index contributed by atoms with van der Waals surface area (Å²) in [5, 5.41) is 4.01. The Kier molecular flexibility index (Phi) is 6.06. The molecule has 2 aromatic rings. The van der Waals surface area contributed by atoms with Crippen molar-refractivity contribution in [3.63, 3.8) is 0 Å². The van der Waals surface area contributed by atoms with Gasteiger partial charge in [0.15, 0.2) is 6.10 Å². The van der Waals surface area contributed by atoms with Gasteiger partial charge in [0.05, 0.1) is 30.4 Å². The molecule has 2 amide bonds. The van der Waals surface area contributed by atoms with E-state index >= 15 is 0 Å². The second-order valence-corrected chi connectivity index (χ2v) is 8.94. The number of thiazole rings is 1. The second-order valence-electron chi connectivity index (χ2n) is 7.66. The maximum atomic E-state index is 13.2. The molecule has 1 aliphatic carbocycles. The van der Waals surface area contributed by atoms with Gasteiger partial charge in [0.25, 0.3) is 5.91 Å². The maximum Gasteiger partial charge on any atom is 0.251 e. The molecule has 160 valence electrons. The zero-order valence-electron chi connectivity index (χ0n) is 17.5. The van der Waals surface area contributed by atoms with E-state index in [-0.39, 0.29) is 24.5 Å². The minimum Gasteiger partial charge on any atom is -0.497 e. The highest BCUT2D eigenvalue weighted by atomic mass is 32.1. The number of benzene rings is 1. The van der Waals surface area contributed by atoms with Crippen molar-refractivity contribution in [1.82, 2.24) is 15.2 Å². The number of rotatable bonds is 7. The first-order valence-corrected chi connectivity index (χ1v) is 11.1. The van der Waals surface area contributed by atoms with Crippen LogP contribution in [-0.4, -0.2) is 47.6 Å². The molecular formula is C22H27N3O4S. The van der Waals surface area contributed by atoms with Crippen LogP contribution in [0.1, 0.15) is 46.9 Å². The van der Waals surface area contributed by atoms with Gasteiger partial charge >= 0.3 is 0 Å². The summed E-state index contributed by atoms with van der Waals surface area (Å²) in [5.74, 6) is 0.462. The molecule has 1 aliphatic heterocycles. The van der Waals surface area contributed by atoms with Crippen LogP contribution >= 0.6 is 11.3 Å². The van der Waals surface area contributed by atoms with Gasteiger partial charge in [-0.3, -0.25) is 9.59 Å². The van der Waals surface area contributed by atoms with Crippen LogP contribution in [-0.2, 0) is 27.3 Å². The van der Waals surface area contributed by atoms with E-state index in [0.717, 1.165) is 46.2 Å². The average Bonchev–Trinajstić information content (AvgIpc) is 3.53. The summed E-state index contributed by atoms with van der Waals surface area (Å²) < 4.78 is 11.0. The molecule has 0 spiro atoms. The van der Waals surface area contributed by atoms with Crippen LogP contribution in [0.4, 0.5) is 0 Å². The van der Waals surface area contributed by atoms with Crippen LogP contribution in [0.2, 0.25) is 0 Å². The van der Waals surface area contributed by atoms with Crippen molar-refractivity contribution in [2.75, 3.05) is 13.7 Å². The Balaban J connectivity index is 1.56. The van der Waals surface area contributed by atoms with Crippen LogP contribution in [0.25, 0.3) is 0 Å². The predicted molar refractivity (Wildman–Crippen MR) is 113 cm³/mol. The van der Waals surface area contributed by atoms with Crippen molar-refractivity contribution in [2.45, 2.75) is 57.8 Å². The first-order chi connectivity index (χ1) is 14.5. The molecule has 1 N–H and O–H groups in total. The standard InChI is InChI=1S/C22H27N3O4S/c1-4-17-18(30-13(2)24-17)11-23-22(27)21-20(14-5-9-16(28-3)10-6-14)25(15-7-8-15)19(26)12-29-21/h5-6,9-10,15,20-21H,4,7-8,11-12H2,1-3H3,(H,23,27)/t20-,21+/m1/s1. The van der Waals surface area contributed by atoms with Crippen molar-refractivity contribution in [1.29, 1.82) is 0 Å². The largest absolute Gasteiger partial charge is 0.497 e. The number of hydrogen-bond acceptors (Lipinski definition) is 6. The number of methoxy groups -OCH3 is 1. The maximum absolute atomic E-state index is 13.2. The van der Waals surface area contributed by atoms with Crippen LogP contribution in [0.3, 0.4) is 0 Å². The molecule has 0 radical (unpaired) electrons. The number of hydrogen-bond donors (Lipinski definition) is 1. The number of amides is 2. The molecule has 4 rings (SSSR count). The fraction of sp³-hybridized carbons (Fsp3) is 0.500. The number of ether oxygens (including phenoxy) is 2. The van der Waals surface area contributed by atoms with E-state index < -0.39 is 12.1 Å². The van der Waals surface area contributed by atoms with Crippen molar-refractivity contribution in [3.05, 3.63) is 45.4 Å². The first kappa shape index (κ1) is 20.8. The van der Waals surface area contributed by atoms with Gasteiger partial charge in [-0.2, -0.15) is 0 Å². The predicted octanol–water partition coefficient (Wildman–Crippen LogP) is 2.77. The molecule has 7 nitrogen and oxygen atoms in total. The van der Waals surface area contributed by atoms with E-state index in [1.165, 1.54) is 0 Å². The van der Waals surface area contributed by atoms with Gasteiger partial charge < -0.3 is 19.7 Å². The Morgan fingerprint density at radius 3 is 2.70 bits per heavy atom. The lowest BCUT2D eigenvalue weighted by Gasteiger charge is -2.40. The van der Waals surface area contributed by atoms with Crippen molar-refractivity contribution < 1.29 is 19.1 Å². The molecule has 1 saturated carbocycles. The zero-order valence-corrected chi connectivity index (χ0v) is 18.3. The quantitative estimate of drug-likeness (QED) is 0.732. The number of aromatic nitrogens is 1. The number of carbonyl (C=O) groups excluding carboxylic acids is 2. The number of nitrogens with one attached hydrogen (secondary N) is 1. The van der Waals surface area contributed by atoms with E-state index in [0.29, 0.717) is 6.54 Å². The molecule has 2 fully saturated rings. The van der Waals surface area contributed by atoms with Gasteiger partial charge in [-0.1, -0.05) is 19.1 Å². The number of morpholine rings is 1. The summed E-state index contributed by atoms with van der Waals surface area (Å²) in [4.78, 5) is 33.3. The van der Waals surface area contributed by atoms with E-state index in [1.807, 2.05) is 36.1 Å². The Hall–Kier alpha value is -2.45. The molecule has 30 heavy (non-hydrogen) atoms. The summed E-state index contributed by atoms with van der Waals surface area (Å²) in [5.41, 5.74) is 1.89. The lowest BCUT2D eigenvalue weighted by molar-refractivity contribution is -0.165. The third-order valence-electron chi connectivity index (χ3n) is 5.56. The SMILES string of the molecule is CCc1nc(C)sc1CNC(=O)[C@H]1OCC(=O)N(C2CC2)[C@@H]1c1ccc(OC)cc1. The zero-order chi connectivity index (χ0) is 21.3. The minimum absolute atomic E-state index is 0.0614. The third kappa shape index (κ3) is 4.20. The molecule has 1 saturated heterocycles. The molecule has 0 bridgehead atoms. The van der Waals surface area contributed by atoms with Gasteiger partial charge in [-0.15, -0.1) is 11.3 Å². The van der Waals surface area contributed by atoms with E-state index in [1.54, 1.807) is 18.4 Å². The molecule has 2 aliphatic rings. The van der Waals surface area contributed by atoms with Crippen molar-refractivity contribution in [2.24, 2.45) is 0 Å². The van der Waals surface area contributed by atoms with Crippen LogP contribution < -0.4 is 10.1 Å². The number of carbonyl (C=O) groups is 2. The monoisotopic (exact) mass is 429 g/mol. The Labute approximate surface area is 180 Å². The summed E-state index contributed by atoms with van der Waals surface area (Å²) >= 11 is 1.60. The summed E-state index contributed by atoms with van der Waals surface area (Å²) in [6.07, 6.45) is 2.00. The molecule has 2 atom stereocenters. The first-order valence-electron chi connectivity index (χ1n) is 10.3. The fourth-order valence-electron chi connectivity index (χ4n) is 3.96.